The van der Waals surface area contributed by atoms with Crippen LogP contribution >= 0.6 is 0 Å². The molecule has 0 bridgehead atoms. The number of carbonyl (C=O) groups excluding carboxylic acids is 2. The van der Waals surface area contributed by atoms with Gasteiger partial charge in [-0.2, -0.15) is 0 Å². The predicted octanol–water partition coefficient (Wildman–Crippen LogP) is 4.82. The van der Waals surface area contributed by atoms with Gasteiger partial charge in [-0.3, -0.25) is 4.79 Å². The third-order valence-corrected chi connectivity index (χ3v) is 5.23. The van der Waals surface area contributed by atoms with Crippen LogP contribution in [0.5, 0.6) is 5.75 Å². The number of nitrogens with one attached hydrogen (secondary N) is 2. The molecule has 30 heavy (non-hydrogen) atoms. The lowest BCUT2D eigenvalue weighted by Crippen LogP contribution is -2.34. The summed E-state index contributed by atoms with van der Waals surface area (Å²) in [6.45, 7) is 11.5. The molecule has 2 aromatic carbocycles. The van der Waals surface area contributed by atoms with Gasteiger partial charge in [0.05, 0.1) is 19.1 Å². The first-order chi connectivity index (χ1) is 14.3. The summed E-state index contributed by atoms with van der Waals surface area (Å²) in [5, 5.41) is 5.88. The lowest BCUT2D eigenvalue weighted by Gasteiger charge is -2.20. The second kappa shape index (κ2) is 11.2. The number of benzene rings is 2. The molecule has 0 saturated heterocycles. The highest BCUT2D eigenvalue weighted by atomic mass is 16.5. The Bertz CT molecular complexity index is 845. The molecule has 0 aliphatic heterocycles. The number of urea groups is 1. The van der Waals surface area contributed by atoms with Crippen LogP contribution in [0.3, 0.4) is 0 Å². The molecule has 0 unspecified atom stereocenters. The molecule has 0 aromatic heterocycles. The van der Waals surface area contributed by atoms with Crippen LogP contribution < -0.4 is 15.4 Å². The summed E-state index contributed by atoms with van der Waals surface area (Å²) in [4.78, 5) is 26.1. The Morgan fingerprint density at radius 3 is 2.33 bits per heavy atom. The first-order valence-electron chi connectivity index (χ1n) is 10.5. The maximum absolute atomic E-state index is 12.3. The minimum atomic E-state index is -0.134. The molecular formula is C24H33N3O3. The third kappa shape index (κ3) is 6.51. The van der Waals surface area contributed by atoms with E-state index in [1.165, 1.54) is 5.56 Å². The summed E-state index contributed by atoms with van der Waals surface area (Å²) in [6, 6.07) is 13.2. The van der Waals surface area contributed by atoms with E-state index in [0.717, 1.165) is 22.6 Å². The fourth-order valence-electron chi connectivity index (χ4n) is 3.10. The molecule has 3 amide bonds. The molecule has 6 nitrogen and oxygen atoms in total. The van der Waals surface area contributed by atoms with Crippen LogP contribution in [0, 0.1) is 13.8 Å². The molecule has 6 heteroatoms. The summed E-state index contributed by atoms with van der Waals surface area (Å²) in [5.74, 6) is 0.755. The van der Waals surface area contributed by atoms with E-state index in [2.05, 4.69) is 10.6 Å². The summed E-state index contributed by atoms with van der Waals surface area (Å²) in [7, 11) is 0. The van der Waals surface area contributed by atoms with Gasteiger partial charge in [0.15, 0.2) is 0 Å². The van der Waals surface area contributed by atoms with Gasteiger partial charge in [0, 0.05) is 18.8 Å². The van der Waals surface area contributed by atoms with Gasteiger partial charge < -0.3 is 20.3 Å². The normalized spacial score (nSPS) is 11.5. The number of aryl methyl sites for hydroxylation is 1. The van der Waals surface area contributed by atoms with E-state index in [0.29, 0.717) is 19.7 Å². The Hall–Kier alpha value is -3.02. The van der Waals surface area contributed by atoms with Gasteiger partial charge in [0.25, 0.3) is 0 Å². The number of ether oxygens (including phenoxy) is 1. The van der Waals surface area contributed by atoms with Crippen molar-refractivity contribution in [2.24, 2.45) is 0 Å². The monoisotopic (exact) mass is 411 g/mol. The fourth-order valence-corrected chi connectivity index (χ4v) is 3.10. The lowest BCUT2D eigenvalue weighted by atomic mass is 10.1. The van der Waals surface area contributed by atoms with Crippen molar-refractivity contribution < 1.29 is 14.3 Å². The van der Waals surface area contributed by atoms with E-state index in [1.807, 2.05) is 77.1 Å². The molecule has 0 radical (unpaired) electrons. The maximum Gasteiger partial charge on any atom is 0.321 e. The second-order valence-corrected chi connectivity index (χ2v) is 7.31. The topological polar surface area (TPSA) is 70.7 Å². The zero-order chi connectivity index (χ0) is 22.1. The first kappa shape index (κ1) is 23.3. The fraction of sp³-hybridized carbons (Fsp3) is 0.417. The van der Waals surface area contributed by atoms with Crippen LogP contribution in [-0.2, 0) is 4.79 Å². The number of nitrogens with zero attached hydrogens (tertiary/aromatic N) is 1. The van der Waals surface area contributed by atoms with Crippen molar-refractivity contribution in [2.45, 2.75) is 47.1 Å². The summed E-state index contributed by atoms with van der Waals surface area (Å²) < 4.78 is 5.76. The number of hydrogen-bond acceptors (Lipinski definition) is 3. The van der Waals surface area contributed by atoms with Crippen LogP contribution in [0.2, 0.25) is 0 Å². The molecule has 162 valence electrons. The number of carbonyl (C=O) groups is 2. The van der Waals surface area contributed by atoms with E-state index in [-0.39, 0.29) is 24.4 Å². The van der Waals surface area contributed by atoms with Gasteiger partial charge in [-0.1, -0.05) is 24.3 Å². The van der Waals surface area contributed by atoms with Gasteiger partial charge in [0.1, 0.15) is 5.75 Å². The number of amides is 3. The minimum Gasteiger partial charge on any atom is -0.493 e. The average Bonchev–Trinajstić information content (AvgIpc) is 2.72. The zero-order valence-electron chi connectivity index (χ0n) is 18.6. The molecular weight excluding hydrogens is 378 g/mol. The highest BCUT2D eigenvalue weighted by Crippen LogP contribution is 2.21. The molecule has 0 aliphatic carbocycles. The van der Waals surface area contributed by atoms with Gasteiger partial charge in [-0.15, -0.1) is 0 Å². The number of hydrogen-bond donors (Lipinski definition) is 2. The molecule has 0 spiro atoms. The van der Waals surface area contributed by atoms with Crippen LogP contribution in [0.25, 0.3) is 0 Å². The zero-order valence-corrected chi connectivity index (χ0v) is 18.6. The number of anilines is 1. The Morgan fingerprint density at radius 1 is 1.03 bits per heavy atom. The summed E-state index contributed by atoms with van der Waals surface area (Å²) >= 11 is 0. The Kier molecular flexibility index (Phi) is 8.71. The SMILES string of the molecule is CCN(CC)C(=O)Nc1ccc([C@@H](C)NC(=O)CCOc2cccc(C)c2C)cc1. The third-order valence-electron chi connectivity index (χ3n) is 5.23. The predicted molar refractivity (Wildman–Crippen MR) is 121 cm³/mol. The average molecular weight is 412 g/mol. The first-order valence-corrected chi connectivity index (χ1v) is 10.5. The standard InChI is InChI=1S/C24H33N3O3/c1-6-27(7-2)24(29)26-21-13-11-20(12-14-21)19(5)25-23(28)15-16-30-22-10-8-9-17(3)18(22)4/h8-14,19H,6-7,15-16H2,1-5H3,(H,25,28)(H,26,29)/t19-/m1/s1. The van der Waals surface area contributed by atoms with Gasteiger partial charge in [-0.25, -0.2) is 4.79 Å². The van der Waals surface area contributed by atoms with E-state index in [9.17, 15) is 9.59 Å². The van der Waals surface area contributed by atoms with Crippen LogP contribution in [0.1, 0.15) is 49.9 Å². The Labute approximate surface area is 179 Å². The second-order valence-electron chi connectivity index (χ2n) is 7.31. The van der Waals surface area contributed by atoms with Crippen molar-refractivity contribution >= 4 is 17.6 Å². The lowest BCUT2D eigenvalue weighted by molar-refractivity contribution is -0.122. The van der Waals surface area contributed by atoms with Gasteiger partial charge >= 0.3 is 6.03 Å². The van der Waals surface area contributed by atoms with E-state index in [4.69, 9.17) is 4.74 Å². The molecule has 0 heterocycles. The van der Waals surface area contributed by atoms with Gasteiger partial charge in [-0.05, 0) is 69.5 Å². The van der Waals surface area contributed by atoms with Crippen LogP contribution in [-0.4, -0.2) is 36.5 Å². The quantitative estimate of drug-likeness (QED) is 0.621. The Balaban J connectivity index is 1.82. The molecule has 2 rings (SSSR count). The van der Waals surface area contributed by atoms with Crippen molar-refractivity contribution in [3.8, 4) is 5.75 Å². The largest absolute Gasteiger partial charge is 0.493 e. The van der Waals surface area contributed by atoms with Crippen molar-refractivity contribution in [1.82, 2.24) is 10.2 Å². The molecule has 1 atom stereocenters. The van der Waals surface area contributed by atoms with Crippen LogP contribution in [0.15, 0.2) is 42.5 Å². The minimum absolute atomic E-state index is 0.0632. The highest BCUT2D eigenvalue weighted by molar-refractivity contribution is 5.89. The van der Waals surface area contributed by atoms with Crippen LogP contribution in [0.4, 0.5) is 10.5 Å². The van der Waals surface area contributed by atoms with E-state index >= 15 is 0 Å². The van der Waals surface area contributed by atoms with Crippen molar-refractivity contribution in [3.63, 3.8) is 0 Å². The highest BCUT2D eigenvalue weighted by Gasteiger charge is 2.12. The molecule has 0 fully saturated rings. The summed E-state index contributed by atoms with van der Waals surface area (Å²) in [6.07, 6.45) is 0.287. The van der Waals surface area contributed by atoms with Crippen molar-refractivity contribution in [3.05, 3.63) is 59.2 Å². The molecule has 0 aliphatic rings. The molecule has 2 N–H and O–H groups in total. The summed E-state index contributed by atoms with van der Waals surface area (Å²) in [5.41, 5.74) is 3.97. The smallest absolute Gasteiger partial charge is 0.321 e. The van der Waals surface area contributed by atoms with Gasteiger partial charge in [0.2, 0.25) is 5.91 Å². The van der Waals surface area contributed by atoms with E-state index in [1.54, 1.807) is 4.90 Å². The van der Waals surface area contributed by atoms with Crippen molar-refractivity contribution in [1.29, 1.82) is 0 Å². The Morgan fingerprint density at radius 2 is 1.70 bits per heavy atom. The van der Waals surface area contributed by atoms with E-state index < -0.39 is 0 Å². The number of rotatable bonds is 9. The molecule has 0 saturated carbocycles. The maximum atomic E-state index is 12.3. The van der Waals surface area contributed by atoms with Crippen molar-refractivity contribution in [2.75, 3.05) is 25.0 Å². The molecule has 2 aromatic rings.